The van der Waals surface area contributed by atoms with E-state index in [9.17, 15) is 9.18 Å². The van der Waals surface area contributed by atoms with Crippen molar-refractivity contribution in [2.75, 3.05) is 11.9 Å². The molecule has 0 bridgehead atoms. The Morgan fingerprint density at radius 2 is 2.24 bits per heavy atom. The van der Waals surface area contributed by atoms with Gasteiger partial charge < -0.3 is 9.88 Å². The van der Waals surface area contributed by atoms with Gasteiger partial charge >= 0.3 is 0 Å². The maximum Gasteiger partial charge on any atom is 0.266 e. The van der Waals surface area contributed by atoms with Gasteiger partial charge in [0.15, 0.2) is 5.82 Å². The van der Waals surface area contributed by atoms with E-state index in [0.717, 1.165) is 0 Å². The summed E-state index contributed by atoms with van der Waals surface area (Å²) in [4.78, 5) is 19.7. The standard InChI is InChI=1S/C11H9FIN3O/c1-16(8-4-2-3-7(12)5-8)10-9(13)11(17)15-6-14-10/h2-6H,1H3,(H,14,15,17). The minimum atomic E-state index is -0.325. The van der Waals surface area contributed by atoms with Crippen LogP contribution in [-0.4, -0.2) is 17.0 Å². The van der Waals surface area contributed by atoms with Crippen LogP contribution in [0, 0.1) is 9.39 Å². The number of nitrogens with zero attached hydrogens (tertiary/aromatic N) is 2. The molecule has 0 radical (unpaired) electrons. The number of rotatable bonds is 2. The van der Waals surface area contributed by atoms with Crippen LogP contribution in [0.25, 0.3) is 0 Å². The van der Waals surface area contributed by atoms with E-state index >= 15 is 0 Å². The summed E-state index contributed by atoms with van der Waals surface area (Å²) in [7, 11) is 1.73. The van der Waals surface area contributed by atoms with Gasteiger partial charge in [-0.3, -0.25) is 4.79 Å². The number of benzene rings is 1. The molecule has 2 aromatic rings. The van der Waals surface area contributed by atoms with Crippen molar-refractivity contribution in [3.63, 3.8) is 0 Å². The van der Waals surface area contributed by atoms with Crippen molar-refractivity contribution in [1.82, 2.24) is 9.97 Å². The van der Waals surface area contributed by atoms with E-state index in [1.165, 1.54) is 18.5 Å². The molecule has 0 saturated heterocycles. The molecule has 0 aliphatic rings. The molecule has 0 aliphatic carbocycles. The zero-order valence-corrected chi connectivity index (χ0v) is 11.1. The average Bonchev–Trinajstić information content (AvgIpc) is 2.32. The van der Waals surface area contributed by atoms with Gasteiger partial charge in [0, 0.05) is 12.7 Å². The third-order valence-electron chi connectivity index (χ3n) is 2.29. The molecule has 0 aliphatic heterocycles. The third kappa shape index (κ3) is 2.46. The number of aromatic nitrogens is 2. The molecule has 0 fully saturated rings. The summed E-state index contributed by atoms with van der Waals surface area (Å²) in [5.41, 5.74) is 0.430. The summed E-state index contributed by atoms with van der Waals surface area (Å²) in [6, 6.07) is 6.12. The van der Waals surface area contributed by atoms with Gasteiger partial charge in [-0.15, -0.1) is 0 Å². The molecule has 1 N–H and O–H groups in total. The lowest BCUT2D eigenvalue weighted by Crippen LogP contribution is -2.19. The highest BCUT2D eigenvalue weighted by Gasteiger charge is 2.12. The lowest BCUT2D eigenvalue weighted by Gasteiger charge is -2.18. The van der Waals surface area contributed by atoms with Gasteiger partial charge in [-0.2, -0.15) is 0 Å². The molecule has 17 heavy (non-hydrogen) atoms. The number of hydrogen-bond donors (Lipinski definition) is 1. The molecule has 1 aromatic heterocycles. The molecular weight excluding hydrogens is 336 g/mol. The van der Waals surface area contributed by atoms with Crippen molar-refractivity contribution in [2.24, 2.45) is 0 Å². The monoisotopic (exact) mass is 345 g/mol. The van der Waals surface area contributed by atoms with Gasteiger partial charge in [-0.1, -0.05) is 6.07 Å². The quantitative estimate of drug-likeness (QED) is 0.850. The third-order valence-corrected chi connectivity index (χ3v) is 3.26. The minimum Gasteiger partial charge on any atom is -0.328 e. The van der Waals surface area contributed by atoms with E-state index in [2.05, 4.69) is 9.97 Å². The molecule has 0 atom stereocenters. The maximum atomic E-state index is 13.1. The number of hydrogen-bond acceptors (Lipinski definition) is 3. The van der Waals surface area contributed by atoms with Crippen LogP contribution in [0.15, 0.2) is 35.4 Å². The SMILES string of the molecule is CN(c1cccc(F)c1)c1nc[nH]c(=O)c1I. The topological polar surface area (TPSA) is 49.0 Å². The maximum absolute atomic E-state index is 13.1. The van der Waals surface area contributed by atoms with E-state index in [0.29, 0.717) is 15.1 Å². The van der Waals surface area contributed by atoms with Crippen molar-refractivity contribution in [1.29, 1.82) is 0 Å². The number of nitrogens with one attached hydrogen (secondary N) is 1. The van der Waals surface area contributed by atoms with E-state index in [1.807, 2.05) is 22.6 Å². The second-order valence-electron chi connectivity index (χ2n) is 3.41. The number of anilines is 2. The molecule has 88 valence electrons. The lowest BCUT2D eigenvalue weighted by atomic mass is 10.3. The van der Waals surface area contributed by atoms with Crippen LogP contribution in [-0.2, 0) is 0 Å². The smallest absolute Gasteiger partial charge is 0.266 e. The Labute approximate surface area is 111 Å². The number of halogens is 2. The van der Waals surface area contributed by atoms with Crippen molar-refractivity contribution < 1.29 is 4.39 Å². The van der Waals surface area contributed by atoms with Crippen LogP contribution in [0.2, 0.25) is 0 Å². The Morgan fingerprint density at radius 3 is 2.94 bits per heavy atom. The van der Waals surface area contributed by atoms with Gasteiger partial charge in [-0.25, -0.2) is 9.37 Å². The van der Waals surface area contributed by atoms with Crippen LogP contribution >= 0.6 is 22.6 Å². The highest BCUT2D eigenvalue weighted by Crippen LogP contribution is 2.24. The molecule has 0 amide bonds. The largest absolute Gasteiger partial charge is 0.328 e. The van der Waals surface area contributed by atoms with Gasteiger partial charge in [0.1, 0.15) is 9.39 Å². The first-order chi connectivity index (χ1) is 8.09. The summed E-state index contributed by atoms with van der Waals surface area (Å²) in [6.07, 6.45) is 1.33. The summed E-state index contributed by atoms with van der Waals surface area (Å²) in [5, 5.41) is 0. The lowest BCUT2D eigenvalue weighted by molar-refractivity contribution is 0.628. The predicted octanol–water partition coefficient (Wildman–Crippen LogP) is 2.28. The van der Waals surface area contributed by atoms with Crippen LogP contribution in [0.4, 0.5) is 15.9 Å². The Hall–Kier alpha value is -1.44. The van der Waals surface area contributed by atoms with Gasteiger partial charge in [0.05, 0.1) is 6.33 Å². The van der Waals surface area contributed by atoms with Crippen molar-refractivity contribution in [3.8, 4) is 0 Å². The molecule has 2 rings (SSSR count). The van der Waals surface area contributed by atoms with E-state index in [4.69, 9.17) is 0 Å². The first-order valence-electron chi connectivity index (χ1n) is 4.82. The molecule has 0 unspecified atom stereocenters. The molecule has 4 nitrogen and oxygen atoms in total. The van der Waals surface area contributed by atoms with Crippen molar-refractivity contribution in [2.45, 2.75) is 0 Å². The fourth-order valence-electron chi connectivity index (χ4n) is 1.41. The van der Waals surface area contributed by atoms with Crippen LogP contribution < -0.4 is 10.5 Å². The molecule has 0 spiro atoms. The van der Waals surface area contributed by atoms with E-state index in [-0.39, 0.29) is 11.4 Å². The second-order valence-corrected chi connectivity index (χ2v) is 4.49. The number of aromatic amines is 1. The zero-order chi connectivity index (χ0) is 12.4. The van der Waals surface area contributed by atoms with E-state index in [1.54, 1.807) is 24.1 Å². The van der Waals surface area contributed by atoms with Crippen LogP contribution in [0.3, 0.4) is 0 Å². The molecule has 1 heterocycles. The van der Waals surface area contributed by atoms with Crippen LogP contribution in [0.1, 0.15) is 0 Å². The molecule has 6 heteroatoms. The minimum absolute atomic E-state index is 0.209. The number of H-pyrrole nitrogens is 1. The van der Waals surface area contributed by atoms with Gasteiger partial charge in [-0.05, 0) is 40.8 Å². The van der Waals surface area contributed by atoms with Crippen molar-refractivity contribution >= 4 is 34.1 Å². The first kappa shape index (κ1) is 12.0. The Morgan fingerprint density at radius 1 is 1.47 bits per heavy atom. The molecule has 1 aromatic carbocycles. The van der Waals surface area contributed by atoms with Crippen LogP contribution in [0.5, 0.6) is 0 Å². The molecule has 0 saturated carbocycles. The normalized spacial score (nSPS) is 10.3. The first-order valence-corrected chi connectivity index (χ1v) is 5.90. The Bertz CT molecular complexity index is 599. The summed E-state index contributed by atoms with van der Waals surface area (Å²) < 4.78 is 13.6. The highest BCUT2D eigenvalue weighted by atomic mass is 127. The summed E-state index contributed by atoms with van der Waals surface area (Å²) >= 11 is 1.91. The van der Waals surface area contributed by atoms with Gasteiger partial charge in [0.2, 0.25) is 0 Å². The summed E-state index contributed by atoms with van der Waals surface area (Å²) in [5.74, 6) is 0.175. The Kier molecular flexibility index (Phi) is 3.41. The van der Waals surface area contributed by atoms with Gasteiger partial charge in [0.25, 0.3) is 5.56 Å². The predicted molar refractivity (Wildman–Crippen MR) is 72.0 cm³/mol. The Balaban J connectivity index is 2.47. The van der Waals surface area contributed by atoms with E-state index < -0.39 is 0 Å². The fraction of sp³-hybridized carbons (Fsp3) is 0.0909. The summed E-state index contributed by atoms with van der Waals surface area (Å²) in [6.45, 7) is 0. The second kappa shape index (κ2) is 4.82. The molecular formula is C11H9FIN3O. The fourth-order valence-corrected chi connectivity index (χ4v) is 2.07. The highest BCUT2D eigenvalue weighted by molar-refractivity contribution is 14.1. The average molecular weight is 345 g/mol. The zero-order valence-electron chi connectivity index (χ0n) is 8.95. The van der Waals surface area contributed by atoms with Crippen molar-refractivity contribution in [3.05, 3.63) is 50.3 Å².